The van der Waals surface area contributed by atoms with Crippen LogP contribution in [-0.4, -0.2) is 25.2 Å². The second-order valence-electron chi connectivity index (χ2n) is 5.55. The fourth-order valence-corrected chi connectivity index (χ4v) is 2.49. The van der Waals surface area contributed by atoms with Gasteiger partial charge in [0.2, 0.25) is 0 Å². The molecular formula is C12H24N2. The van der Waals surface area contributed by atoms with Gasteiger partial charge in [0.05, 0.1) is 0 Å². The zero-order valence-electron chi connectivity index (χ0n) is 9.60. The van der Waals surface area contributed by atoms with Crippen molar-refractivity contribution in [1.29, 1.82) is 0 Å². The SMILES string of the molecule is CC1CC1CNCC1(C)CCCCN1. The smallest absolute Gasteiger partial charge is 0.0277 e. The van der Waals surface area contributed by atoms with Crippen LogP contribution in [0.1, 0.15) is 39.5 Å². The van der Waals surface area contributed by atoms with Crippen molar-refractivity contribution in [3.05, 3.63) is 0 Å². The number of nitrogens with one attached hydrogen (secondary N) is 2. The summed E-state index contributed by atoms with van der Waals surface area (Å²) in [5, 5.41) is 7.26. The Labute approximate surface area is 87.8 Å². The number of hydrogen-bond acceptors (Lipinski definition) is 2. The Morgan fingerprint density at radius 2 is 2.21 bits per heavy atom. The summed E-state index contributed by atoms with van der Waals surface area (Å²) in [6.45, 7) is 8.30. The predicted molar refractivity (Wildman–Crippen MR) is 60.4 cm³/mol. The van der Waals surface area contributed by atoms with Gasteiger partial charge in [-0.05, 0) is 51.1 Å². The molecule has 2 fully saturated rings. The van der Waals surface area contributed by atoms with Crippen molar-refractivity contribution in [3.8, 4) is 0 Å². The zero-order valence-corrected chi connectivity index (χ0v) is 9.60. The van der Waals surface area contributed by atoms with Crippen molar-refractivity contribution in [2.24, 2.45) is 11.8 Å². The quantitative estimate of drug-likeness (QED) is 0.716. The Bertz CT molecular complexity index is 185. The van der Waals surface area contributed by atoms with Gasteiger partial charge in [-0.2, -0.15) is 0 Å². The Kier molecular flexibility index (Phi) is 3.13. The largest absolute Gasteiger partial charge is 0.315 e. The normalized spacial score (nSPS) is 42.4. The van der Waals surface area contributed by atoms with E-state index in [0.29, 0.717) is 5.54 Å². The third-order valence-corrected chi connectivity index (χ3v) is 3.90. The number of rotatable bonds is 4. The fraction of sp³-hybridized carbons (Fsp3) is 1.00. The molecule has 0 radical (unpaired) electrons. The van der Waals surface area contributed by atoms with Gasteiger partial charge in [0, 0.05) is 12.1 Å². The maximum Gasteiger partial charge on any atom is 0.0277 e. The summed E-state index contributed by atoms with van der Waals surface area (Å²) >= 11 is 0. The van der Waals surface area contributed by atoms with Crippen LogP contribution < -0.4 is 10.6 Å². The molecule has 2 nitrogen and oxygen atoms in total. The molecule has 82 valence electrons. The highest BCUT2D eigenvalue weighted by Gasteiger charge is 2.33. The molecule has 3 unspecified atom stereocenters. The second kappa shape index (κ2) is 4.19. The van der Waals surface area contributed by atoms with Crippen LogP contribution in [0.25, 0.3) is 0 Å². The van der Waals surface area contributed by atoms with Gasteiger partial charge >= 0.3 is 0 Å². The van der Waals surface area contributed by atoms with Crippen LogP contribution in [0.3, 0.4) is 0 Å². The summed E-state index contributed by atoms with van der Waals surface area (Å²) in [7, 11) is 0. The van der Waals surface area contributed by atoms with E-state index < -0.39 is 0 Å². The van der Waals surface area contributed by atoms with Crippen molar-refractivity contribution in [3.63, 3.8) is 0 Å². The van der Waals surface area contributed by atoms with Crippen molar-refractivity contribution >= 4 is 0 Å². The molecule has 0 spiro atoms. The summed E-state index contributed by atoms with van der Waals surface area (Å²) in [6, 6.07) is 0. The molecule has 0 aromatic heterocycles. The predicted octanol–water partition coefficient (Wildman–Crippen LogP) is 1.76. The van der Waals surface area contributed by atoms with Gasteiger partial charge in [-0.25, -0.2) is 0 Å². The molecule has 2 heteroatoms. The van der Waals surface area contributed by atoms with Gasteiger partial charge in [0.15, 0.2) is 0 Å². The molecule has 1 aliphatic carbocycles. The molecule has 1 heterocycles. The molecule has 0 aromatic rings. The summed E-state index contributed by atoms with van der Waals surface area (Å²) in [5.41, 5.74) is 0.371. The van der Waals surface area contributed by atoms with E-state index in [-0.39, 0.29) is 0 Å². The molecule has 3 atom stereocenters. The minimum Gasteiger partial charge on any atom is -0.315 e. The van der Waals surface area contributed by atoms with Crippen molar-refractivity contribution in [2.75, 3.05) is 19.6 Å². The van der Waals surface area contributed by atoms with Crippen molar-refractivity contribution in [2.45, 2.75) is 45.1 Å². The molecule has 1 saturated carbocycles. The third-order valence-electron chi connectivity index (χ3n) is 3.90. The van der Waals surface area contributed by atoms with Crippen molar-refractivity contribution in [1.82, 2.24) is 10.6 Å². The van der Waals surface area contributed by atoms with Gasteiger partial charge < -0.3 is 10.6 Å². The highest BCUT2D eigenvalue weighted by molar-refractivity contribution is 4.90. The highest BCUT2D eigenvalue weighted by atomic mass is 15.0. The molecule has 2 N–H and O–H groups in total. The lowest BCUT2D eigenvalue weighted by atomic mass is 9.91. The Morgan fingerprint density at radius 1 is 1.43 bits per heavy atom. The number of hydrogen-bond donors (Lipinski definition) is 2. The summed E-state index contributed by atoms with van der Waals surface area (Å²) < 4.78 is 0. The van der Waals surface area contributed by atoms with E-state index in [4.69, 9.17) is 0 Å². The van der Waals surface area contributed by atoms with Gasteiger partial charge in [-0.15, -0.1) is 0 Å². The van der Waals surface area contributed by atoms with Crippen molar-refractivity contribution < 1.29 is 0 Å². The zero-order chi connectivity index (χ0) is 10.0. The average Bonchev–Trinajstić information content (AvgIpc) is 2.83. The van der Waals surface area contributed by atoms with E-state index in [1.807, 2.05) is 0 Å². The molecule has 2 rings (SSSR count). The van der Waals surface area contributed by atoms with Gasteiger partial charge in [-0.1, -0.05) is 13.3 Å². The first-order valence-electron chi connectivity index (χ1n) is 6.15. The summed E-state index contributed by atoms with van der Waals surface area (Å²) in [6.07, 6.45) is 5.53. The van der Waals surface area contributed by atoms with Crippen LogP contribution >= 0.6 is 0 Å². The first kappa shape index (κ1) is 10.4. The fourth-order valence-electron chi connectivity index (χ4n) is 2.49. The van der Waals surface area contributed by atoms with E-state index in [1.54, 1.807) is 0 Å². The van der Waals surface area contributed by atoms with E-state index in [0.717, 1.165) is 18.4 Å². The minimum absolute atomic E-state index is 0.371. The van der Waals surface area contributed by atoms with Crippen LogP contribution in [0.15, 0.2) is 0 Å². The van der Waals surface area contributed by atoms with E-state index in [9.17, 15) is 0 Å². The Morgan fingerprint density at radius 3 is 2.79 bits per heavy atom. The first-order chi connectivity index (χ1) is 6.70. The van der Waals surface area contributed by atoms with Crippen LogP contribution in [0, 0.1) is 11.8 Å². The summed E-state index contributed by atoms with van der Waals surface area (Å²) in [5.74, 6) is 1.96. The molecule has 0 bridgehead atoms. The third kappa shape index (κ3) is 2.71. The van der Waals surface area contributed by atoms with Crippen LogP contribution in [0.4, 0.5) is 0 Å². The molecule has 14 heavy (non-hydrogen) atoms. The van der Waals surface area contributed by atoms with Crippen LogP contribution in [0.2, 0.25) is 0 Å². The minimum atomic E-state index is 0.371. The van der Waals surface area contributed by atoms with E-state index >= 15 is 0 Å². The monoisotopic (exact) mass is 196 g/mol. The molecule has 0 aromatic carbocycles. The maximum absolute atomic E-state index is 3.64. The molecule has 2 aliphatic rings. The van der Waals surface area contributed by atoms with Gasteiger partial charge in [-0.3, -0.25) is 0 Å². The highest BCUT2D eigenvalue weighted by Crippen LogP contribution is 2.36. The summed E-state index contributed by atoms with van der Waals surface area (Å²) in [4.78, 5) is 0. The van der Waals surface area contributed by atoms with Crippen LogP contribution in [-0.2, 0) is 0 Å². The second-order valence-corrected chi connectivity index (χ2v) is 5.55. The average molecular weight is 196 g/mol. The number of piperidine rings is 1. The topological polar surface area (TPSA) is 24.1 Å². The van der Waals surface area contributed by atoms with E-state index in [1.165, 1.54) is 38.8 Å². The lowest BCUT2D eigenvalue weighted by molar-refractivity contribution is 0.266. The molecule has 0 amide bonds. The lowest BCUT2D eigenvalue weighted by Gasteiger charge is -2.35. The molecular weight excluding hydrogens is 172 g/mol. The Balaban J connectivity index is 1.63. The van der Waals surface area contributed by atoms with Gasteiger partial charge in [0.25, 0.3) is 0 Å². The van der Waals surface area contributed by atoms with Gasteiger partial charge in [0.1, 0.15) is 0 Å². The lowest BCUT2D eigenvalue weighted by Crippen LogP contribution is -2.52. The standard InChI is InChI=1S/C12H24N2/c1-10-7-11(10)8-13-9-12(2)5-3-4-6-14-12/h10-11,13-14H,3-9H2,1-2H3. The Hall–Kier alpha value is -0.0800. The van der Waals surface area contributed by atoms with E-state index in [2.05, 4.69) is 24.5 Å². The van der Waals surface area contributed by atoms with Crippen LogP contribution in [0.5, 0.6) is 0 Å². The maximum atomic E-state index is 3.64. The molecule has 1 saturated heterocycles. The molecule has 1 aliphatic heterocycles. The first-order valence-corrected chi connectivity index (χ1v) is 6.15.